The molecule has 0 bridgehead atoms. The van der Waals surface area contributed by atoms with E-state index < -0.39 is 0 Å². The van der Waals surface area contributed by atoms with Crippen LogP contribution in [0, 0.1) is 5.41 Å². The fourth-order valence-corrected chi connectivity index (χ4v) is 1.55. The highest BCUT2D eigenvalue weighted by atomic mass is 16.6. The van der Waals surface area contributed by atoms with Crippen molar-refractivity contribution in [3.63, 3.8) is 0 Å². The average molecular weight is 257 g/mol. The van der Waals surface area contributed by atoms with Gasteiger partial charge >= 0.3 is 12.1 Å². The Kier molecular flexibility index (Phi) is 4.81. The molecule has 0 spiro atoms. The molecular weight excluding hydrogens is 234 g/mol. The third-order valence-electron chi connectivity index (χ3n) is 2.59. The van der Waals surface area contributed by atoms with Gasteiger partial charge in [0, 0.05) is 26.6 Å². The summed E-state index contributed by atoms with van der Waals surface area (Å²) < 4.78 is 5.08. The molecule has 1 atom stereocenters. The van der Waals surface area contributed by atoms with Crippen molar-refractivity contribution >= 4 is 12.1 Å². The lowest BCUT2D eigenvalue weighted by atomic mass is 9.97. The van der Waals surface area contributed by atoms with E-state index in [4.69, 9.17) is 4.74 Å². The van der Waals surface area contributed by atoms with Crippen molar-refractivity contribution in [3.8, 4) is 0 Å². The molecular formula is C12H23N3O3. The molecule has 1 unspecified atom stereocenters. The van der Waals surface area contributed by atoms with E-state index in [1.54, 1.807) is 7.05 Å². The number of likely N-dealkylation sites (N-methyl/N-ethyl adjacent to an activating group) is 1. The van der Waals surface area contributed by atoms with Gasteiger partial charge in [-0.3, -0.25) is 0 Å². The first-order valence-electron chi connectivity index (χ1n) is 6.21. The van der Waals surface area contributed by atoms with E-state index in [2.05, 4.69) is 31.4 Å². The van der Waals surface area contributed by atoms with Gasteiger partial charge in [0.2, 0.25) is 0 Å². The second-order valence-corrected chi connectivity index (χ2v) is 5.85. The molecule has 1 aliphatic rings. The van der Waals surface area contributed by atoms with Gasteiger partial charge in [-0.05, 0) is 5.41 Å². The van der Waals surface area contributed by atoms with Crippen LogP contribution in [0.1, 0.15) is 27.2 Å². The molecule has 104 valence electrons. The number of hydrogen-bond donors (Lipinski definition) is 2. The Morgan fingerprint density at radius 2 is 2.11 bits per heavy atom. The number of carbonyl (C=O) groups is 2. The molecule has 1 saturated heterocycles. The van der Waals surface area contributed by atoms with Crippen molar-refractivity contribution < 1.29 is 14.3 Å². The van der Waals surface area contributed by atoms with Crippen LogP contribution in [0.15, 0.2) is 0 Å². The maximum absolute atomic E-state index is 11.5. The summed E-state index contributed by atoms with van der Waals surface area (Å²) in [7, 11) is 1.70. The van der Waals surface area contributed by atoms with Crippen LogP contribution in [-0.4, -0.2) is 49.8 Å². The molecule has 0 aromatic rings. The summed E-state index contributed by atoms with van der Waals surface area (Å²) >= 11 is 0. The second-order valence-electron chi connectivity index (χ2n) is 5.85. The molecule has 1 fully saturated rings. The maximum atomic E-state index is 11.5. The lowest BCUT2D eigenvalue weighted by Crippen LogP contribution is -2.41. The number of urea groups is 1. The van der Waals surface area contributed by atoms with Gasteiger partial charge in [-0.15, -0.1) is 0 Å². The Balaban J connectivity index is 2.11. The van der Waals surface area contributed by atoms with E-state index in [-0.39, 0.29) is 23.6 Å². The van der Waals surface area contributed by atoms with Gasteiger partial charge in [0.05, 0.1) is 6.54 Å². The number of nitrogens with one attached hydrogen (secondary N) is 2. The predicted octanol–water partition coefficient (Wildman–Crippen LogP) is 1.17. The second kappa shape index (κ2) is 5.93. The van der Waals surface area contributed by atoms with E-state index in [0.717, 1.165) is 0 Å². The third-order valence-corrected chi connectivity index (χ3v) is 2.59. The van der Waals surface area contributed by atoms with Crippen molar-refractivity contribution in [3.05, 3.63) is 0 Å². The highest BCUT2D eigenvalue weighted by Crippen LogP contribution is 2.11. The van der Waals surface area contributed by atoms with Gasteiger partial charge in [-0.25, -0.2) is 9.59 Å². The third kappa shape index (κ3) is 5.25. The predicted molar refractivity (Wildman–Crippen MR) is 68.4 cm³/mol. The lowest BCUT2D eigenvalue weighted by molar-refractivity contribution is 0.130. The lowest BCUT2D eigenvalue weighted by Gasteiger charge is -2.19. The van der Waals surface area contributed by atoms with Crippen LogP contribution in [0.25, 0.3) is 0 Å². The van der Waals surface area contributed by atoms with E-state index in [9.17, 15) is 9.59 Å². The number of nitrogens with zero attached hydrogens (tertiary/aromatic N) is 1. The maximum Gasteiger partial charge on any atom is 0.409 e. The molecule has 0 aromatic heterocycles. The minimum Gasteiger partial charge on any atom is -0.444 e. The van der Waals surface area contributed by atoms with Crippen LogP contribution >= 0.6 is 0 Å². The van der Waals surface area contributed by atoms with Gasteiger partial charge in [0.15, 0.2) is 0 Å². The van der Waals surface area contributed by atoms with Crippen LogP contribution in [0.5, 0.6) is 0 Å². The molecule has 2 N–H and O–H groups in total. The van der Waals surface area contributed by atoms with Crippen LogP contribution in [0.2, 0.25) is 0 Å². The van der Waals surface area contributed by atoms with E-state index in [1.807, 2.05) is 0 Å². The smallest absolute Gasteiger partial charge is 0.409 e. The fourth-order valence-electron chi connectivity index (χ4n) is 1.55. The van der Waals surface area contributed by atoms with Gasteiger partial charge in [0.1, 0.15) is 6.10 Å². The topological polar surface area (TPSA) is 70.7 Å². The molecule has 3 amide bonds. The summed E-state index contributed by atoms with van der Waals surface area (Å²) in [5, 5.41) is 5.55. The standard InChI is InChI=1S/C12H23N3O3/c1-12(2,3)8-14-10(16)13-6-5-9-7-15(4)11(17)18-9/h9H,5-8H2,1-4H3,(H2,13,14,16). The van der Waals surface area contributed by atoms with Gasteiger partial charge in [-0.2, -0.15) is 0 Å². The number of rotatable bonds is 4. The van der Waals surface area contributed by atoms with Crippen LogP contribution in [0.4, 0.5) is 9.59 Å². The Morgan fingerprint density at radius 1 is 1.44 bits per heavy atom. The van der Waals surface area contributed by atoms with Crippen LogP contribution < -0.4 is 10.6 Å². The van der Waals surface area contributed by atoms with Crippen LogP contribution in [-0.2, 0) is 4.74 Å². The molecule has 6 heteroatoms. The number of carbonyl (C=O) groups excluding carboxylic acids is 2. The zero-order valence-corrected chi connectivity index (χ0v) is 11.6. The fraction of sp³-hybridized carbons (Fsp3) is 0.833. The molecule has 0 radical (unpaired) electrons. The molecule has 0 aliphatic carbocycles. The Morgan fingerprint density at radius 3 is 2.61 bits per heavy atom. The molecule has 1 rings (SSSR count). The van der Waals surface area contributed by atoms with E-state index in [0.29, 0.717) is 26.1 Å². The first kappa shape index (κ1) is 14.6. The largest absolute Gasteiger partial charge is 0.444 e. The van der Waals surface area contributed by atoms with Gasteiger partial charge in [0.25, 0.3) is 0 Å². The summed E-state index contributed by atoms with van der Waals surface area (Å²) in [6.07, 6.45) is 0.224. The van der Waals surface area contributed by atoms with Gasteiger partial charge < -0.3 is 20.3 Å². The van der Waals surface area contributed by atoms with Crippen molar-refractivity contribution in [2.75, 3.05) is 26.7 Å². The first-order valence-corrected chi connectivity index (χ1v) is 6.21. The average Bonchev–Trinajstić information content (AvgIpc) is 2.54. The van der Waals surface area contributed by atoms with Crippen LogP contribution in [0.3, 0.4) is 0 Å². The Labute approximate surface area is 108 Å². The quantitative estimate of drug-likeness (QED) is 0.794. The number of cyclic esters (lactones) is 1. The highest BCUT2D eigenvalue weighted by molar-refractivity contribution is 5.73. The SMILES string of the molecule is CN1CC(CCNC(=O)NCC(C)(C)C)OC1=O. The van der Waals surface area contributed by atoms with Crippen molar-refractivity contribution in [1.82, 2.24) is 15.5 Å². The van der Waals surface area contributed by atoms with Gasteiger partial charge in [-0.1, -0.05) is 20.8 Å². The molecule has 0 saturated carbocycles. The highest BCUT2D eigenvalue weighted by Gasteiger charge is 2.27. The normalized spacial score (nSPS) is 19.7. The molecule has 18 heavy (non-hydrogen) atoms. The summed E-state index contributed by atoms with van der Waals surface area (Å²) in [4.78, 5) is 24.1. The summed E-state index contributed by atoms with van der Waals surface area (Å²) in [6, 6.07) is -0.178. The van der Waals surface area contributed by atoms with Crippen molar-refractivity contribution in [2.24, 2.45) is 5.41 Å². The minimum atomic E-state index is -0.294. The zero-order valence-electron chi connectivity index (χ0n) is 11.6. The molecule has 1 heterocycles. The summed E-state index contributed by atoms with van der Waals surface area (Å²) in [6.45, 7) is 7.88. The molecule has 0 aromatic carbocycles. The van der Waals surface area contributed by atoms with E-state index >= 15 is 0 Å². The van der Waals surface area contributed by atoms with Crippen molar-refractivity contribution in [1.29, 1.82) is 0 Å². The number of amides is 3. The minimum absolute atomic E-state index is 0.0705. The van der Waals surface area contributed by atoms with Crippen molar-refractivity contribution in [2.45, 2.75) is 33.3 Å². The molecule has 1 aliphatic heterocycles. The summed E-state index contributed by atoms with van der Waals surface area (Å²) in [5.41, 5.74) is 0.0705. The molecule has 6 nitrogen and oxygen atoms in total. The first-order chi connectivity index (χ1) is 8.28. The number of hydrogen-bond acceptors (Lipinski definition) is 3. The summed E-state index contributed by atoms with van der Waals surface area (Å²) in [5.74, 6) is 0. The Hall–Kier alpha value is -1.46. The Bertz CT molecular complexity index is 312. The number of ether oxygens (including phenoxy) is 1. The monoisotopic (exact) mass is 257 g/mol. The van der Waals surface area contributed by atoms with E-state index in [1.165, 1.54) is 4.90 Å². The zero-order chi connectivity index (χ0) is 13.8.